The quantitative estimate of drug-likeness (QED) is 0.537. The maximum Gasteiger partial charge on any atom is 0.331 e. The van der Waals surface area contributed by atoms with E-state index in [1.54, 1.807) is 30.3 Å². The van der Waals surface area contributed by atoms with Gasteiger partial charge < -0.3 is 9.64 Å². The molecule has 0 radical (unpaired) electrons. The van der Waals surface area contributed by atoms with Crippen molar-refractivity contribution in [3.05, 3.63) is 71.8 Å². The van der Waals surface area contributed by atoms with Crippen LogP contribution in [-0.4, -0.2) is 44.4 Å². The van der Waals surface area contributed by atoms with Crippen molar-refractivity contribution in [2.24, 2.45) is 0 Å². The Morgan fingerprint density at radius 2 is 1.79 bits per heavy atom. The normalized spacial score (nSPS) is 17.9. The number of carbonyl (C=O) groups is 2. The van der Waals surface area contributed by atoms with E-state index >= 15 is 0 Å². The van der Waals surface area contributed by atoms with Crippen LogP contribution in [0.1, 0.15) is 17.5 Å². The van der Waals surface area contributed by atoms with Crippen LogP contribution >= 0.6 is 0 Å². The third kappa shape index (κ3) is 5.77. The molecule has 0 aromatic heterocycles. The zero-order valence-corrected chi connectivity index (χ0v) is 17.0. The molecule has 2 aromatic rings. The second-order valence-electron chi connectivity index (χ2n) is 7.01. The second kappa shape index (κ2) is 9.05. The monoisotopic (exact) mass is 413 g/mol. The minimum Gasteiger partial charge on any atom is -0.452 e. The molecular formula is C22H23NO5S. The number of carbonyl (C=O) groups excluding carboxylic acids is 2. The molecule has 1 aliphatic rings. The summed E-state index contributed by atoms with van der Waals surface area (Å²) in [6.07, 6.45) is 3.25. The van der Waals surface area contributed by atoms with Crippen molar-refractivity contribution >= 4 is 33.5 Å². The SMILES string of the molecule is Cc1ccc(/C=C/C(=O)OCC(=O)N(c2ccccc2)[C@@H]2CCS(=O)(=O)C2)cc1. The number of rotatable bonds is 6. The maximum atomic E-state index is 12.8. The molecule has 0 unspecified atom stereocenters. The Balaban J connectivity index is 1.65. The molecule has 0 saturated carbocycles. The fraction of sp³-hybridized carbons (Fsp3) is 0.273. The van der Waals surface area contributed by atoms with Crippen molar-refractivity contribution in [3.8, 4) is 0 Å². The number of aryl methyl sites for hydroxylation is 1. The first-order valence-corrected chi connectivity index (χ1v) is 11.2. The Morgan fingerprint density at radius 3 is 2.41 bits per heavy atom. The minimum absolute atomic E-state index is 0.0490. The number of sulfone groups is 1. The Kier molecular flexibility index (Phi) is 6.49. The van der Waals surface area contributed by atoms with E-state index in [1.807, 2.05) is 37.3 Å². The van der Waals surface area contributed by atoms with E-state index in [2.05, 4.69) is 0 Å². The van der Waals surface area contributed by atoms with Crippen molar-refractivity contribution in [1.29, 1.82) is 0 Å². The predicted octanol–water partition coefficient (Wildman–Crippen LogP) is 2.77. The number of hydrogen-bond donors (Lipinski definition) is 0. The standard InChI is InChI=1S/C22H23NO5S/c1-17-7-9-18(10-8-17)11-12-22(25)28-15-21(24)23(19-5-3-2-4-6-19)20-13-14-29(26,27)16-20/h2-12,20H,13-16H2,1H3/b12-11+/t20-/m1/s1. The van der Waals surface area contributed by atoms with E-state index in [4.69, 9.17) is 4.74 Å². The van der Waals surface area contributed by atoms with Gasteiger partial charge in [0, 0.05) is 11.8 Å². The summed E-state index contributed by atoms with van der Waals surface area (Å²) >= 11 is 0. The first-order valence-electron chi connectivity index (χ1n) is 9.33. The van der Waals surface area contributed by atoms with Crippen LogP contribution in [0.15, 0.2) is 60.7 Å². The molecule has 1 aliphatic heterocycles. The second-order valence-corrected chi connectivity index (χ2v) is 9.24. The zero-order chi connectivity index (χ0) is 20.9. The lowest BCUT2D eigenvalue weighted by Gasteiger charge is -2.28. The smallest absolute Gasteiger partial charge is 0.331 e. The molecule has 1 amide bonds. The van der Waals surface area contributed by atoms with E-state index in [1.165, 1.54) is 11.0 Å². The highest BCUT2D eigenvalue weighted by molar-refractivity contribution is 7.91. The van der Waals surface area contributed by atoms with Crippen LogP contribution in [-0.2, 0) is 24.2 Å². The average Bonchev–Trinajstić information content (AvgIpc) is 3.06. The first-order chi connectivity index (χ1) is 13.8. The lowest BCUT2D eigenvalue weighted by Crippen LogP contribution is -2.43. The van der Waals surface area contributed by atoms with Crippen LogP contribution in [0.5, 0.6) is 0 Å². The number of benzene rings is 2. The van der Waals surface area contributed by atoms with Crippen LogP contribution in [0, 0.1) is 6.92 Å². The number of anilines is 1. The summed E-state index contributed by atoms with van der Waals surface area (Å²) in [6.45, 7) is 1.52. The summed E-state index contributed by atoms with van der Waals surface area (Å²) in [5.41, 5.74) is 2.55. The molecule has 2 aromatic carbocycles. The fourth-order valence-corrected chi connectivity index (χ4v) is 4.92. The van der Waals surface area contributed by atoms with Gasteiger partial charge in [0.25, 0.3) is 5.91 Å². The summed E-state index contributed by atoms with van der Waals surface area (Å²) < 4.78 is 28.8. The molecule has 1 atom stereocenters. The number of amides is 1. The summed E-state index contributed by atoms with van der Waals surface area (Å²) in [5.74, 6) is -1.12. The number of nitrogens with zero attached hydrogens (tertiary/aromatic N) is 1. The highest BCUT2D eigenvalue weighted by Gasteiger charge is 2.35. The van der Waals surface area contributed by atoms with Gasteiger partial charge >= 0.3 is 5.97 Å². The van der Waals surface area contributed by atoms with E-state index in [-0.39, 0.29) is 11.5 Å². The highest BCUT2D eigenvalue weighted by atomic mass is 32.2. The van der Waals surface area contributed by atoms with Gasteiger partial charge in [0.2, 0.25) is 0 Å². The van der Waals surface area contributed by atoms with Gasteiger partial charge in [-0.3, -0.25) is 4.79 Å². The number of ether oxygens (including phenoxy) is 1. The van der Waals surface area contributed by atoms with E-state index < -0.39 is 34.4 Å². The molecule has 29 heavy (non-hydrogen) atoms. The van der Waals surface area contributed by atoms with Crippen LogP contribution in [0.4, 0.5) is 5.69 Å². The molecule has 0 N–H and O–H groups in total. The van der Waals surface area contributed by atoms with Gasteiger partial charge in [-0.05, 0) is 37.1 Å². The van der Waals surface area contributed by atoms with Crippen LogP contribution in [0.3, 0.4) is 0 Å². The lowest BCUT2D eigenvalue weighted by atomic mass is 10.1. The van der Waals surface area contributed by atoms with Gasteiger partial charge in [-0.15, -0.1) is 0 Å². The minimum atomic E-state index is -3.17. The highest BCUT2D eigenvalue weighted by Crippen LogP contribution is 2.24. The van der Waals surface area contributed by atoms with Crippen molar-refractivity contribution in [2.45, 2.75) is 19.4 Å². The summed E-state index contributed by atoms with van der Waals surface area (Å²) in [4.78, 5) is 26.2. The van der Waals surface area contributed by atoms with Crippen LogP contribution < -0.4 is 4.90 Å². The molecule has 7 heteroatoms. The molecule has 6 nitrogen and oxygen atoms in total. The maximum absolute atomic E-state index is 12.8. The molecule has 1 fully saturated rings. The van der Waals surface area contributed by atoms with Gasteiger partial charge in [-0.1, -0.05) is 48.0 Å². The Labute approximate surface area is 170 Å². The van der Waals surface area contributed by atoms with Crippen molar-refractivity contribution in [2.75, 3.05) is 23.0 Å². The topological polar surface area (TPSA) is 80.8 Å². The Bertz CT molecular complexity index is 997. The van der Waals surface area contributed by atoms with Gasteiger partial charge in [-0.2, -0.15) is 0 Å². The van der Waals surface area contributed by atoms with Gasteiger partial charge in [0.05, 0.1) is 17.5 Å². The predicted molar refractivity (Wildman–Crippen MR) is 112 cm³/mol. The fourth-order valence-electron chi connectivity index (χ4n) is 3.22. The van der Waals surface area contributed by atoms with Crippen LogP contribution in [0.2, 0.25) is 0 Å². The van der Waals surface area contributed by atoms with E-state index in [0.717, 1.165) is 11.1 Å². The number of esters is 1. The molecule has 0 aliphatic carbocycles. The zero-order valence-electron chi connectivity index (χ0n) is 16.2. The van der Waals surface area contributed by atoms with Crippen molar-refractivity contribution in [3.63, 3.8) is 0 Å². The summed E-state index contributed by atoms with van der Waals surface area (Å²) in [7, 11) is -3.17. The van der Waals surface area contributed by atoms with Crippen molar-refractivity contribution < 1.29 is 22.7 Å². The summed E-state index contributed by atoms with van der Waals surface area (Å²) in [6, 6.07) is 16.0. The lowest BCUT2D eigenvalue weighted by molar-refractivity contribution is -0.143. The molecular weight excluding hydrogens is 390 g/mol. The van der Waals surface area contributed by atoms with E-state index in [9.17, 15) is 18.0 Å². The number of para-hydroxylation sites is 1. The number of hydrogen-bond acceptors (Lipinski definition) is 5. The third-order valence-electron chi connectivity index (χ3n) is 4.70. The molecule has 0 spiro atoms. The van der Waals surface area contributed by atoms with Gasteiger partial charge in [0.1, 0.15) is 0 Å². The van der Waals surface area contributed by atoms with Gasteiger partial charge in [-0.25, -0.2) is 13.2 Å². The molecule has 3 rings (SSSR count). The third-order valence-corrected chi connectivity index (χ3v) is 6.45. The largest absolute Gasteiger partial charge is 0.452 e. The summed E-state index contributed by atoms with van der Waals surface area (Å²) in [5, 5.41) is 0. The Morgan fingerprint density at radius 1 is 1.10 bits per heavy atom. The first kappa shape index (κ1) is 20.8. The van der Waals surface area contributed by atoms with Crippen LogP contribution in [0.25, 0.3) is 6.08 Å². The van der Waals surface area contributed by atoms with Crippen molar-refractivity contribution in [1.82, 2.24) is 0 Å². The molecule has 1 heterocycles. The molecule has 0 bridgehead atoms. The average molecular weight is 413 g/mol. The molecule has 1 saturated heterocycles. The van der Waals surface area contributed by atoms with E-state index in [0.29, 0.717) is 12.1 Å². The van der Waals surface area contributed by atoms with Gasteiger partial charge in [0.15, 0.2) is 16.4 Å². The molecule has 152 valence electrons. The Hall–Kier alpha value is -2.93.